The molecule has 2 aromatic carbocycles. The Morgan fingerprint density at radius 1 is 1.12 bits per heavy atom. The molecule has 34 heavy (non-hydrogen) atoms. The smallest absolute Gasteiger partial charge is 0.191 e. The van der Waals surface area contributed by atoms with E-state index in [0.717, 1.165) is 38.8 Å². The Morgan fingerprint density at radius 2 is 2.00 bits per heavy atom. The van der Waals surface area contributed by atoms with E-state index in [0.29, 0.717) is 12.5 Å². The van der Waals surface area contributed by atoms with Gasteiger partial charge in [0, 0.05) is 16.3 Å². The maximum Gasteiger partial charge on any atom is 0.191 e. The number of ether oxygens (including phenoxy) is 2. The van der Waals surface area contributed by atoms with Crippen molar-refractivity contribution >= 4 is 27.7 Å². The number of thioether (sulfide) groups is 1. The minimum absolute atomic E-state index is 0.189. The predicted molar refractivity (Wildman–Crippen MR) is 135 cm³/mol. The quantitative estimate of drug-likeness (QED) is 0.204. The zero-order chi connectivity index (χ0) is 23.5. The van der Waals surface area contributed by atoms with Gasteiger partial charge in [0.2, 0.25) is 0 Å². The highest BCUT2D eigenvalue weighted by molar-refractivity contribution is 9.10. The molecule has 5 rings (SSSR count). The molecule has 4 unspecified atom stereocenters. The van der Waals surface area contributed by atoms with Gasteiger partial charge in [0.15, 0.2) is 22.5 Å². The third kappa shape index (κ3) is 5.28. The molecule has 2 fully saturated rings. The van der Waals surface area contributed by atoms with E-state index in [1.54, 1.807) is 30.0 Å². The van der Waals surface area contributed by atoms with Crippen LogP contribution in [-0.4, -0.2) is 27.1 Å². The molecule has 3 aromatic rings. The summed E-state index contributed by atoms with van der Waals surface area (Å²) in [5.41, 5.74) is 0. The Hall–Kier alpha value is -2.06. The van der Waals surface area contributed by atoms with Crippen molar-refractivity contribution in [3.8, 4) is 11.5 Å². The van der Waals surface area contributed by atoms with Crippen LogP contribution in [-0.2, 0) is 6.61 Å². The maximum absolute atomic E-state index is 14.1. The van der Waals surface area contributed by atoms with Crippen LogP contribution in [0.3, 0.4) is 0 Å². The number of fused-ring (bicyclic) bond motifs is 2. The lowest BCUT2D eigenvalue weighted by atomic mass is 9.84. The second-order valence-electron chi connectivity index (χ2n) is 9.22. The average Bonchev–Trinajstić information content (AvgIpc) is 3.57. The van der Waals surface area contributed by atoms with Crippen LogP contribution < -0.4 is 9.47 Å². The molecule has 2 saturated carbocycles. The summed E-state index contributed by atoms with van der Waals surface area (Å²) in [7, 11) is 0. The lowest BCUT2D eigenvalue weighted by Crippen LogP contribution is -2.24. The summed E-state index contributed by atoms with van der Waals surface area (Å²) in [6.07, 6.45) is 5.31. The predicted octanol–water partition coefficient (Wildman–Crippen LogP) is 6.93. The summed E-state index contributed by atoms with van der Waals surface area (Å²) >= 11 is 5.12. The highest BCUT2D eigenvalue weighted by Crippen LogP contribution is 2.52. The van der Waals surface area contributed by atoms with Crippen molar-refractivity contribution in [1.82, 2.24) is 14.8 Å². The molecule has 2 bridgehead atoms. The third-order valence-electron chi connectivity index (χ3n) is 7.13. The molecule has 2 aliphatic rings. The van der Waals surface area contributed by atoms with Crippen LogP contribution in [0.1, 0.15) is 44.5 Å². The van der Waals surface area contributed by atoms with Gasteiger partial charge in [-0.15, -0.1) is 10.2 Å². The van der Waals surface area contributed by atoms with E-state index in [1.807, 2.05) is 24.3 Å². The number of hydrogen-bond acceptors (Lipinski definition) is 5. The first-order chi connectivity index (χ1) is 16.6. The van der Waals surface area contributed by atoms with Gasteiger partial charge < -0.3 is 9.47 Å². The molecule has 4 atom stereocenters. The van der Waals surface area contributed by atoms with Gasteiger partial charge in [-0.2, -0.15) is 0 Å². The van der Waals surface area contributed by atoms with E-state index in [1.165, 1.54) is 31.7 Å². The molecule has 1 heterocycles. The number of benzene rings is 2. The number of para-hydroxylation sites is 1. The van der Waals surface area contributed by atoms with Gasteiger partial charge in [-0.1, -0.05) is 52.3 Å². The lowest BCUT2D eigenvalue weighted by molar-refractivity contribution is 0.215. The molecular weight excluding hydrogens is 517 g/mol. The Labute approximate surface area is 212 Å². The number of hydrogen-bond donors (Lipinski definition) is 0. The van der Waals surface area contributed by atoms with Gasteiger partial charge in [0.05, 0.1) is 6.61 Å². The Kier molecular flexibility index (Phi) is 7.44. The van der Waals surface area contributed by atoms with Gasteiger partial charge in [-0.3, -0.25) is 4.57 Å². The van der Waals surface area contributed by atoms with E-state index in [4.69, 9.17) is 9.47 Å². The molecule has 2 aliphatic carbocycles. The molecular formula is C26H29BrFN3O2S. The van der Waals surface area contributed by atoms with E-state index in [-0.39, 0.29) is 24.2 Å². The van der Waals surface area contributed by atoms with Crippen molar-refractivity contribution < 1.29 is 13.9 Å². The van der Waals surface area contributed by atoms with Crippen LogP contribution in [0.4, 0.5) is 4.39 Å². The Morgan fingerprint density at radius 3 is 2.76 bits per heavy atom. The zero-order valence-electron chi connectivity index (χ0n) is 19.2. The molecule has 0 radical (unpaired) electrons. The SMILES string of the molecule is CC(C1CC2CCC1C2)n1c(COc2ccccc2F)nnc1SCCOc1cccc(Br)c1. The first kappa shape index (κ1) is 23.7. The molecule has 0 N–H and O–H groups in total. The van der Waals surface area contributed by atoms with E-state index in [2.05, 4.69) is 37.6 Å². The van der Waals surface area contributed by atoms with Crippen molar-refractivity contribution in [1.29, 1.82) is 0 Å². The first-order valence-corrected chi connectivity index (χ1v) is 13.7. The summed E-state index contributed by atoms with van der Waals surface area (Å²) < 4.78 is 29.0. The number of nitrogens with zero attached hydrogens (tertiary/aromatic N) is 3. The molecule has 0 aliphatic heterocycles. The Balaban J connectivity index is 1.29. The zero-order valence-corrected chi connectivity index (χ0v) is 21.6. The standard InChI is InChI=1S/C26H29BrFN3O2S/c1-17(22-14-18-9-10-19(22)13-18)31-25(16-33-24-8-3-2-7-23(24)28)29-30-26(31)34-12-11-32-21-6-4-5-20(27)15-21/h2-8,15,17-19,22H,9-14,16H2,1H3. The molecule has 1 aromatic heterocycles. The second kappa shape index (κ2) is 10.7. The van der Waals surface area contributed by atoms with Crippen LogP contribution in [0.25, 0.3) is 0 Å². The molecule has 8 heteroatoms. The summed E-state index contributed by atoms with van der Waals surface area (Å²) in [4.78, 5) is 0. The fourth-order valence-corrected chi connectivity index (χ4v) is 6.78. The normalized spacial score (nSPS) is 22.1. The van der Waals surface area contributed by atoms with Crippen molar-refractivity contribution in [2.75, 3.05) is 12.4 Å². The highest BCUT2D eigenvalue weighted by Gasteiger charge is 2.43. The minimum atomic E-state index is -0.367. The molecule has 5 nitrogen and oxygen atoms in total. The van der Waals surface area contributed by atoms with Gasteiger partial charge in [0.1, 0.15) is 12.4 Å². The fraction of sp³-hybridized carbons (Fsp3) is 0.462. The van der Waals surface area contributed by atoms with Gasteiger partial charge in [0.25, 0.3) is 0 Å². The van der Waals surface area contributed by atoms with Crippen molar-refractivity contribution in [2.45, 2.75) is 50.4 Å². The number of rotatable bonds is 10. The van der Waals surface area contributed by atoms with Crippen molar-refractivity contribution in [3.63, 3.8) is 0 Å². The lowest BCUT2D eigenvalue weighted by Gasteiger charge is -2.30. The topological polar surface area (TPSA) is 49.2 Å². The summed E-state index contributed by atoms with van der Waals surface area (Å²) in [5, 5.41) is 9.84. The van der Waals surface area contributed by atoms with E-state index >= 15 is 0 Å². The van der Waals surface area contributed by atoms with Gasteiger partial charge >= 0.3 is 0 Å². The van der Waals surface area contributed by atoms with Crippen LogP contribution in [0.2, 0.25) is 0 Å². The van der Waals surface area contributed by atoms with Crippen LogP contribution in [0.15, 0.2) is 58.2 Å². The fourth-order valence-electron chi connectivity index (χ4n) is 5.54. The first-order valence-electron chi connectivity index (χ1n) is 11.9. The van der Waals surface area contributed by atoms with Crippen LogP contribution in [0, 0.1) is 23.6 Å². The molecule has 180 valence electrons. The highest BCUT2D eigenvalue weighted by atomic mass is 79.9. The Bertz CT molecular complexity index is 1130. The molecule has 0 saturated heterocycles. The van der Waals surface area contributed by atoms with Crippen molar-refractivity contribution in [2.24, 2.45) is 17.8 Å². The molecule has 0 spiro atoms. The summed E-state index contributed by atoms with van der Waals surface area (Å²) in [5.74, 6) is 4.47. The molecule has 0 amide bonds. The van der Waals surface area contributed by atoms with Crippen LogP contribution >= 0.6 is 27.7 Å². The van der Waals surface area contributed by atoms with Crippen molar-refractivity contribution in [3.05, 3.63) is 64.6 Å². The van der Waals surface area contributed by atoms with Gasteiger partial charge in [-0.25, -0.2) is 4.39 Å². The maximum atomic E-state index is 14.1. The number of aromatic nitrogens is 3. The average molecular weight is 547 g/mol. The second-order valence-corrected chi connectivity index (χ2v) is 11.2. The van der Waals surface area contributed by atoms with Gasteiger partial charge in [-0.05, 0) is 74.3 Å². The summed E-state index contributed by atoms with van der Waals surface area (Å²) in [6.45, 7) is 3.04. The largest absolute Gasteiger partial charge is 0.493 e. The number of halogens is 2. The van der Waals surface area contributed by atoms with Crippen LogP contribution in [0.5, 0.6) is 11.5 Å². The summed E-state index contributed by atoms with van der Waals surface area (Å²) in [6, 6.07) is 14.6. The minimum Gasteiger partial charge on any atom is -0.493 e. The van der Waals surface area contributed by atoms with E-state index in [9.17, 15) is 4.39 Å². The monoisotopic (exact) mass is 545 g/mol. The van der Waals surface area contributed by atoms with E-state index < -0.39 is 0 Å². The third-order valence-corrected chi connectivity index (χ3v) is 8.53.